The average molecular weight is 462 g/mol. The summed E-state index contributed by atoms with van der Waals surface area (Å²) in [5, 5.41) is 20.2. The number of likely N-dealkylation sites (tertiary alicyclic amines) is 1. The second kappa shape index (κ2) is 11.3. The first-order valence-corrected chi connectivity index (χ1v) is 12.3. The van der Waals surface area contributed by atoms with Crippen molar-refractivity contribution in [3.8, 4) is 6.07 Å². The third kappa shape index (κ3) is 6.03. The number of nitrogens with one attached hydrogen (secondary N) is 1. The molecule has 0 radical (unpaired) electrons. The number of carbonyl (C=O) groups is 1. The van der Waals surface area contributed by atoms with Crippen molar-refractivity contribution in [2.75, 3.05) is 37.6 Å². The molecular weight excluding hydrogens is 426 g/mol. The number of rotatable bonds is 6. The van der Waals surface area contributed by atoms with Crippen molar-refractivity contribution in [1.82, 2.24) is 25.3 Å². The maximum absolute atomic E-state index is 13.0. The van der Waals surface area contributed by atoms with Gasteiger partial charge in [-0.3, -0.25) is 4.90 Å². The van der Waals surface area contributed by atoms with Gasteiger partial charge in [-0.2, -0.15) is 5.26 Å². The molecule has 2 aliphatic rings. The number of piperazine rings is 1. The molecule has 4 rings (SSSR count). The van der Waals surface area contributed by atoms with Crippen LogP contribution in [0.5, 0.6) is 0 Å². The van der Waals surface area contributed by atoms with Crippen molar-refractivity contribution >= 4 is 11.8 Å². The number of hydrogen-bond donors (Lipinski definition) is 1. The monoisotopic (exact) mass is 461 g/mol. The molecule has 8 nitrogen and oxygen atoms in total. The molecule has 8 heteroatoms. The van der Waals surface area contributed by atoms with Crippen LogP contribution in [-0.4, -0.2) is 70.8 Å². The largest absolute Gasteiger partial charge is 0.351 e. The van der Waals surface area contributed by atoms with E-state index in [0.29, 0.717) is 24.7 Å². The van der Waals surface area contributed by atoms with Gasteiger partial charge in [-0.1, -0.05) is 30.3 Å². The first-order chi connectivity index (χ1) is 16.5. The molecule has 180 valence electrons. The zero-order valence-electron chi connectivity index (χ0n) is 20.2. The standard InChI is InChI=1S/C26H35N7O/c1-20-17-32(25-9-8-24(16-27)29-30-25)18-21(2)33(20)26(34)28-13-10-22-11-14-31(15-12-22)19-23-6-4-3-5-7-23/h3-9,20-22H,10-15,17-19H2,1-2H3,(H,28,34)/t20-,21+. The van der Waals surface area contributed by atoms with Gasteiger partial charge in [0.1, 0.15) is 6.07 Å². The smallest absolute Gasteiger partial charge is 0.318 e. The Labute approximate surface area is 202 Å². The molecule has 2 fully saturated rings. The van der Waals surface area contributed by atoms with E-state index in [9.17, 15) is 4.79 Å². The van der Waals surface area contributed by atoms with E-state index in [1.807, 2.05) is 17.0 Å². The number of nitrogens with zero attached hydrogens (tertiary/aromatic N) is 6. The molecule has 0 spiro atoms. The van der Waals surface area contributed by atoms with Gasteiger partial charge in [0.2, 0.25) is 0 Å². The van der Waals surface area contributed by atoms with E-state index in [1.54, 1.807) is 6.07 Å². The molecule has 0 unspecified atom stereocenters. The third-order valence-electron chi connectivity index (χ3n) is 7.03. The summed E-state index contributed by atoms with van der Waals surface area (Å²) in [5.41, 5.74) is 1.69. The van der Waals surface area contributed by atoms with Gasteiger partial charge in [0.15, 0.2) is 11.5 Å². The number of anilines is 1. The van der Waals surface area contributed by atoms with E-state index in [0.717, 1.165) is 38.4 Å². The fourth-order valence-electron chi connectivity index (χ4n) is 5.21. The SMILES string of the molecule is C[C@@H]1CN(c2ccc(C#N)nn2)C[C@H](C)N1C(=O)NCCC1CCN(Cc2ccccc2)CC1. The van der Waals surface area contributed by atoms with Gasteiger partial charge < -0.3 is 15.1 Å². The lowest BCUT2D eigenvalue weighted by molar-refractivity contribution is 0.139. The third-order valence-corrected chi connectivity index (χ3v) is 7.03. The van der Waals surface area contributed by atoms with Crippen LogP contribution in [0.15, 0.2) is 42.5 Å². The van der Waals surface area contributed by atoms with E-state index >= 15 is 0 Å². The zero-order chi connectivity index (χ0) is 23.9. The highest BCUT2D eigenvalue weighted by atomic mass is 16.2. The summed E-state index contributed by atoms with van der Waals surface area (Å²) in [6.45, 7) is 9.53. The molecule has 2 atom stereocenters. The minimum Gasteiger partial charge on any atom is -0.351 e. The number of aromatic nitrogens is 2. The maximum Gasteiger partial charge on any atom is 0.318 e. The Morgan fingerprint density at radius 3 is 2.38 bits per heavy atom. The van der Waals surface area contributed by atoms with Gasteiger partial charge in [-0.25, -0.2) is 4.79 Å². The highest BCUT2D eigenvalue weighted by Crippen LogP contribution is 2.23. The van der Waals surface area contributed by atoms with E-state index in [-0.39, 0.29) is 18.1 Å². The minimum absolute atomic E-state index is 0.0204. The van der Waals surface area contributed by atoms with Crippen LogP contribution in [0.1, 0.15) is 44.4 Å². The predicted molar refractivity (Wildman–Crippen MR) is 132 cm³/mol. The number of carbonyl (C=O) groups excluding carboxylic acids is 1. The fraction of sp³-hybridized carbons (Fsp3) is 0.538. The molecule has 2 saturated heterocycles. The number of hydrogen-bond acceptors (Lipinski definition) is 6. The van der Waals surface area contributed by atoms with Gasteiger partial charge >= 0.3 is 6.03 Å². The van der Waals surface area contributed by atoms with E-state index in [1.165, 1.54) is 18.4 Å². The second-order valence-corrected chi connectivity index (χ2v) is 9.62. The predicted octanol–water partition coefficient (Wildman–Crippen LogP) is 3.26. The van der Waals surface area contributed by atoms with Crippen LogP contribution in [-0.2, 0) is 6.54 Å². The Hall–Kier alpha value is -3.18. The lowest BCUT2D eigenvalue weighted by atomic mass is 9.93. The topological polar surface area (TPSA) is 88.4 Å². The molecule has 0 saturated carbocycles. The fourth-order valence-corrected chi connectivity index (χ4v) is 5.21. The van der Waals surface area contributed by atoms with Crippen molar-refractivity contribution in [1.29, 1.82) is 5.26 Å². The van der Waals surface area contributed by atoms with Crippen molar-refractivity contribution in [3.05, 3.63) is 53.7 Å². The highest BCUT2D eigenvalue weighted by Gasteiger charge is 2.33. The van der Waals surface area contributed by atoms with Crippen LogP contribution in [0.2, 0.25) is 0 Å². The Morgan fingerprint density at radius 1 is 1.06 bits per heavy atom. The molecule has 3 heterocycles. The number of urea groups is 1. The van der Waals surface area contributed by atoms with Crippen LogP contribution in [0.3, 0.4) is 0 Å². The van der Waals surface area contributed by atoms with E-state index in [4.69, 9.17) is 5.26 Å². The number of amides is 2. The van der Waals surface area contributed by atoms with Gasteiger partial charge in [-0.05, 0) is 69.8 Å². The molecule has 1 aromatic carbocycles. The van der Waals surface area contributed by atoms with E-state index in [2.05, 4.69) is 69.5 Å². The summed E-state index contributed by atoms with van der Waals surface area (Å²) in [4.78, 5) is 19.6. The summed E-state index contributed by atoms with van der Waals surface area (Å²) in [5.74, 6) is 1.42. The Balaban J connectivity index is 1.19. The minimum atomic E-state index is 0.0204. The maximum atomic E-state index is 13.0. The van der Waals surface area contributed by atoms with Gasteiger partial charge in [0.25, 0.3) is 0 Å². The van der Waals surface area contributed by atoms with Crippen molar-refractivity contribution in [2.24, 2.45) is 5.92 Å². The Morgan fingerprint density at radius 2 is 1.76 bits per heavy atom. The number of piperidine rings is 1. The summed E-state index contributed by atoms with van der Waals surface area (Å²) in [6, 6.07) is 16.3. The van der Waals surface area contributed by atoms with Crippen LogP contribution in [0.4, 0.5) is 10.6 Å². The first-order valence-electron chi connectivity index (χ1n) is 12.3. The van der Waals surface area contributed by atoms with Crippen LogP contribution < -0.4 is 10.2 Å². The molecule has 2 aliphatic heterocycles. The molecule has 34 heavy (non-hydrogen) atoms. The number of nitriles is 1. The quantitative estimate of drug-likeness (QED) is 0.710. The first kappa shape index (κ1) is 24.0. The summed E-state index contributed by atoms with van der Waals surface area (Å²) < 4.78 is 0. The summed E-state index contributed by atoms with van der Waals surface area (Å²) >= 11 is 0. The Kier molecular flexibility index (Phi) is 7.96. The molecule has 0 aliphatic carbocycles. The lowest BCUT2D eigenvalue weighted by Crippen LogP contribution is -2.61. The summed E-state index contributed by atoms with van der Waals surface area (Å²) in [7, 11) is 0. The van der Waals surface area contributed by atoms with Crippen molar-refractivity contribution in [3.63, 3.8) is 0 Å². The zero-order valence-corrected chi connectivity index (χ0v) is 20.2. The van der Waals surface area contributed by atoms with Gasteiger partial charge in [0.05, 0.1) is 0 Å². The molecule has 2 amide bonds. The van der Waals surface area contributed by atoms with E-state index < -0.39 is 0 Å². The van der Waals surface area contributed by atoms with Gasteiger partial charge in [-0.15, -0.1) is 10.2 Å². The molecule has 1 aromatic heterocycles. The lowest BCUT2D eigenvalue weighted by Gasteiger charge is -2.44. The van der Waals surface area contributed by atoms with Crippen molar-refractivity contribution in [2.45, 2.75) is 51.7 Å². The van der Waals surface area contributed by atoms with Crippen LogP contribution in [0.25, 0.3) is 0 Å². The normalized spacial score (nSPS) is 21.8. The average Bonchev–Trinajstić information content (AvgIpc) is 2.85. The van der Waals surface area contributed by atoms with Gasteiger partial charge in [0, 0.05) is 38.3 Å². The van der Waals surface area contributed by atoms with Crippen molar-refractivity contribution < 1.29 is 4.79 Å². The number of benzene rings is 1. The second-order valence-electron chi connectivity index (χ2n) is 9.62. The van der Waals surface area contributed by atoms with Crippen LogP contribution in [0, 0.1) is 17.2 Å². The molecular formula is C26H35N7O. The highest BCUT2D eigenvalue weighted by molar-refractivity contribution is 5.75. The molecule has 2 aromatic rings. The Bertz CT molecular complexity index is 955. The molecule has 1 N–H and O–H groups in total. The molecule has 0 bridgehead atoms. The van der Waals surface area contributed by atoms with Crippen LogP contribution >= 0.6 is 0 Å². The summed E-state index contributed by atoms with van der Waals surface area (Å²) in [6.07, 6.45) is 3.42.